The summed E-state index contributed by atoms with van der Waals surface area (Å²) in [4.78, 5) is 20.9. The average molecular weight is 538 g/mol. The molecule has 35 heavy (non-hydrogen) atoms. The number of hydrogen-bond acceptors (Lipinski definition) is 6. The normalized spacial score (nSPS) is 13.6. The van der Waals surface area contributed by atoms with Crippen molar-refractivity contribution in [2.75, 3.05) is 6.26 Å². The van der Waals surface area contributed by atoms with Crippen LogP contribution in [0.2, 0.25) is 23.2 Å². The average Bonchev–Trinajstić information content (AvgIpc) is 2.75. The van der Waals surface area contributed by atoms with E-state index in [1.54, 1.807) is 18.3 Å². The minimum absolute atomic E-state index is 0.0136. The Labute approximate surface area is 211 Å². The van der Waals surface area contributed by atoms with Crippen molar-refractivity contribution >= 4 is 29.8 Å². The van der Waals surface area contributed by atoms with E-state index in [0.717, 1.165) is 6.26 Å². The molecule has 0 unspecified atom stereocenters. The van der Waals surface area contributed by atoms with E-state index in [1.165, 1.54) is 35.0 Å². The third-order valence-electron chi connectivity index (χ3n) is 6.18. The van der Waals surface area contributed by atoms with Crippen LogP contribution in [0.3, 0.4) is 0 Å². The van der Waals surface area contributed by atoms with Crippen LogP contribution in [0.4, 0.5) is 4.39 Å². The lowest BCUT2D eigenvalue weighted by Gasteiger charge is -2.39. The fraction of sp³-hybridized carbons (Fsp3) is 0.375. The standard InChI is InChI=1S/C24H29ClFN3O4SSi/c1-24(2,3)35(5,6)33-21(17-7-8-18(25)19(26)13-17)15-29-12-10-16(14-22(29)30)20-9-11-27-23(28-20)34(4,31)32/h7-14,21H,15H2,1-6H3/t21-/m1/s1. The molecule has 0 aliphatic carbocycles. The number of halogens is 2. The van der Waals surface area contributed by atoms with Gasteiger partial charge < -0.3 is 8.99 Å². The first-order valence-corrected chi connectivity index (χ1v) is 16.1. The summed E-state index contributed by atoms with van der Waals surface area (Å²) < 4.78 is 45.9. The fourth-order valence-electron chi connectivity index (χ4n) is 3.13. The van der Waals surface area contributed by atoms with Crippen LogP contribution in [0, 0.1) is 5.82 Å². The van der Waals surface area contributed by atoms with E-state index in [4.69, 9.17) is 16.0 Å². The molecule has 0 radical (unpaired) electrons. The van der Waals surface area contributed by atoms with E-state index in [2.05, 4.69) is 43.8 Å². The molecular formula is C24H29ClFN3O4SSi. The van der Waals surface area contributed by atoms with Crippen LogP contribution < -0.4 is 5.56 Å². The number of hydrogen-bond donors (Lipinski definition) is 0. The molecule has 1 atom stereocenters. The monoisotopic (exact) mass is 537 g/mol. The van der Waals surface area contributed by atoms with Gasteiger partial charge in [0.2, 0.25) is 15.0 Å². The molecule has 2 aromatic heterocycles. The second-order valence-electron chi connectivity index (χ2n) is 9.94. The van der Waals surface area contributed by atoms with Crippen LogP contribution >= 0.6 is 11.6 Å². The zero-order chi connectivity index (χ0) is 26.2. The molecule has 1 aromatic carbocycles. The first-order chi connectivity index (χ1) is 16.1. The maximum absolute atomic E-state index is 14.3. The summed E-state index contributed by atoms with van der Waals surface area (Å²) >= 11 is 5.88. The van der Waals surface area contributed by atoms with E-state index in [-0.39, 0.29) is 27.3 Å². The molecule has 0 aliphatic heterocycles. The molecule has 0 spiro atoms. The summed E-state index contributed by atoms with van der Waals surface area (Å²) in [6.07, 6.45) is 3.37. The van der Waals surface area contributed by atoms with E-state index in [1.807, 2.05) is 0 Å². The Bertz CT molecular complexity index is 1400. The number of rotatable bonds is 7. The quantitative estimate of drug-likeness (QED) is 0.301. The second kappa shape index (κ2) is 9.92. The van der Waals surface area contributed by atoms with Crippen LogP contribution in [0.25, 0.3) is 11.3 Å². The van der Waals surface area contributed by atoms with Crippen LogP contribution in [0.1, 0.15) is 32.4 Å². The Balaban J connectivity index is 1.99. The summed E-state index contributed by atoms with van der Waals surface area (Å²) in [5, 5.41) is -0.401. The highest BCUT2D eigenvalue weighted by molar-refractivity contribution is 7.90. The van der Waals surface area contributed by atoms with Crippen molar-refractivity contribution in [3.05, 3.63) is 75.5 Å². The first kappa shape index (κ1) is 27.2. The summed E-state index contributed by atoms with van der Waals surface area (Å²) in [5.74, 6) is -0.555. The molecular weight excluding hydrogens is 509 g/mol. The lowest BCUT2D eigenvalue weighted by Crippen LogP contribution is -2.43. The van der Waals surface area contributed by atoms with Crippen LogP contribution in [-0.2, 0) is 20.8 Å². The molecule has 11 heteroatoms. The smallest absolute Gasteiger partial charge is 0.251 e. The molecule has 0 bridgehead atoms. The van der Waals surface area contributed by atoms with Crippen molar-refractivity contribution in [3.8, 4) is 11.3 Å². The molecule has 0 saturated heterocycles. The SMILES string of the molecule is CC(C)(C)[Si](C)(C)O[C@H](Cn1ccc(-c2ccnc(S(C)(=O)=O)n2)cc1=O)c1ccc(Cl)c(F)c1. The van der Waals surface area contributed by atoms with Gasteiger partial charge in [0.25, 0.3) is 5.56 Å². The molecule has 3 aromatic rings. The van der Waals surface area contributed by atoms with Crippen LogP contribution in [0.5, 0.6) is 0 Å². The minimum Gasteiger partial charge on any atom is -0.408 e. The van der Waals surface area contributed by atoms with Gasteiger partial charge >= 0.3 is 0 Å². The number of benzene rings is 1. The Kier molecular flexibility index (Phi) is 7.71. The lowest BCUT2D eigenvalue weighted by atomic mass is 10.1. The van der Waals surface area contributed by atoms with Gasteiger partial charge in [-0.05, 0) is 48.0 Å². The largest absolute Gasteiger partial charge is 0.408 e. The predicted molar refractivity (Wildman–Crippen MR) is 137 cm³/mol. The van der Waals surface area contributed by atoms with Gasteiger partial charge in [-0.3, -0.25) is 4.79 Å². The zero-order valence-electron chi connectivity index (χ0n) is 20.5. The lowest BCUT2D eigenvalue weighted by molar-refractivity contribution is 0.161. The predicted octanol–water partition coefficient (Wildman–Crippen LogP) is 5.26. The molecule has 0 amide bonds. The highest BCUT2D eigenvalue weighted by Gasteiger charge is 2.39. The number of nitrogens with zero attached hydrogens (tertiary/aromatic N) is 3. The van der Waals surface area contributed by atoms with Crippen molar-refractivity contribution < 1.29 is 17.2 Å². The molecule has 0 saturated carbocycles. The van der Waals surface area contributed by atoms with Crippen LogP contribution in [0.15, 0.2) is 58.7 Å². The summed E-state index contributed by atoms with van der Waals surface area (Å²) in [6.45, 7) is 10.6. The fourth-order valence-corrected chi connectivity index (χ4v) is 5.04. The maximum Gasteiger partial charge on any atom is 0.251 e. The molecule has 7 nitrogen and oxygen atoms in total. The van der Waals surface area contributed by atoms with Gasteiger partial charge in [-0.25, -0.2) is 22.8 Å². The van der Waals surface area contributed by atoms with E-state index in [0.29, 0.717) is 16.8 Å². The van der Waals surface area contributed by atoms with Gasteiger partial charge in [0.1, 0.15) is 5.82 Å². The molecule has 2 heterocycles. The Morgan fingerprint density at radius 1 is 1.17 bits per heavy atom. The van der Waals surface area contributed by atoms with Gasteiger partial charge in [-0.1, -0.05) is 38.4 Å². The van der Waals surface area contributed by atoms with Gasteiger partial charge in [-0.15, -0.1) is 0 Å². The van der Waals surface area contributed by atoms with Gasteiger partial charge in [0.05, 0.1) is 23.4 Å². The Morgan fingerprint density at radius 2 is 1.86 bits per heavy atom. The Morgan fingerprint density at radius 3 is 2.43 bits per heavy atom. The summed E-state index contributed by atoms with van der Waals surface area (Å²) in [6, 6.07) is 9.10. The molecule has 3 rings (SSSR count). The van der Waals surface area contributed by atoms with Crippen LogP contribution in [-0.4, -0.2) is 37.5 Å². The number of pyridine rings is 1. The second-order valence-corrected chi connectivity index (χ2v) is 17.0. The number of sulfone groups is 1. The van der Waals surface area contributed by atoms with Crippen molar-refractivity contribution in [2.24, 2.45) is 0 Å². The van der Waals surface area contributed by atoms with Gasteiger partial charge in [-0.2, -0.15) is 0 Å². The van der Waals surface area contributed by atoms with E-state index < -0.39 is 30.1 Å². The summed E-state index contributed by atoms with van der Waals surface area (Å²) in [7, 11) is -5.88. The van der Waals surface area contributed by atoms with Crippen molar-refractivity contribution in [1.29, 1.82) is 0 Å². The van der Waals surface area contributed by atoms with E-state index >= 15 is 0 Å². The molecule has 188 valence electrons. The highest BCUT2D eigenvalue weighted by atomic mass is 35.5. The molecule has 0 aliphatic rings. The first-order valence-electron chi connectivity index (χ1n) is 11.0. The third kappa shape index (κ3) is 6.43. The topological polar surface area (TPSA) is 91.2 Å². The van der Waals surface area contributed by atoms with Crippen molar-refractivity contribution in [3.63, 3.8) is 0 Å². The van der Waals surface area contributed by atoms with Gasteiger partial charge in [0.15, 0.2) is 8.32 Å². The molecule has 0 N–H and O–H groups in total. The zero-order valence-corrected chi connectivity index (χ0v) is 23.1. The van der Waals surface area contributed by atoms with Crippen molar-refractivity contribution in [2.45, 2.75) is 56.7 Å². The van der Waals surface area contributed by atoms with Crippen molar-refractivity contribution in [1.82, 2.24) is 14.5 Å². The maximum atomic E-state index is 14.3. The minimum atomic E-state index is -3.59. The third-order valence-corrected chi connectivity index (χ3v) is 11.8. The van der Waals surface area contributed by atoms with Gasteiger partial charge in [0, 0.05) is 30.3 Å². The highest BCUT2D eigenvalue weighted by Crippen LogP contribution is 2.40. The Hall–Kier alpha value is -2.40. The van der Waals surface area contributed by atoms with E-state index in [9.17, 15) is 17.6 Å². The number of aromatic nitrogens is 3. The molecule has 0 fully saturated rings. The summed E-state index contributed by atoms with van der Waals surface area (Å²) in [5.41, 5.74) is 1.03.